The number of piperidine rings is 1. The van der Waals surface area contributed by atoms with E-state index in [1.165, 1.54) is 0 Å². The first-order valence-electron chi connectivity index (χ1n) is 6.87. The van der Waals surface area contributed by atoms with Gasteiger partial charge in [-0.2, -0.15) is 13.2 Å². The molecule has 0 unspecified atom stereocenters. The van der Waals surface area contributed by atoms with E-state index in [0.29, 0.717) is 18.5 Å². The second kappa shape index (κ2) is 6.59. The first-order valence-corrected chi connectivity index (χ1v) is 6.87. The Morgan fingerprint density at radius 3 is 2.16 bits per heavy atom. The van der Waals surface area contributed by atoms with E-state index in [-0.39, 0.29) is 12.5 Å². The van der Waals surface area contributed by atoms with Crippen molar-refractivity contribution >= 4 is 5.91 Å². The molecule has 1 aliphatic heterocycles. The Hall–Kier alpha value is -0.780. The highest BCUT2D eigenvalue weighted by atomic mass is 19.4. The van der Waals surface area contributed by atoms with Gasteiger partial charge in [-0.1, -0.05) is 26.7 Å². The van der Waals surface area contributed by atoms with Crippen LogP contribution in [0.25, 0.3) is 0 Å². The van der Waals surface area contributed by atoms with Gasteiger partial charge in [0.2, 0.25) is 5.91 Å². The highest BCUT2D eigenvalue weighted by Gasteiger charge is 2.33. The van der Waals surface area contributed by atoms with Crippen LogP contribution in [-0.2, 0) is 4.79 Å². The normalized spacial score (nSPS) is 19.5. The van der Waals surface area contributed by atoms with Crippen molar-refractivity contribution < 1.29 is 18.0 Å². The summed E-state index contributed by atoms with van der Waals surface area (Å²) in [6.07, 6.45) is -0.173. The Morgan fingerprint density at radius 2 is 1.74 bits per heavy atom. The van der Waals surface area contributed by atoms with Crippen LogP contribution in [0.5, 0.6) is 0 Å². The van der Waals surface area contributed by atoms with Crippen molar-refractivity contribution in [2.75, 3.05) is 26.2 Å². The summed E-state index contributed by atoms with van der Waals surface area (Å²) >= 11 is 0. The lowest BCUT2D eigenvalue weighted by atomic mass is 9.74. The van der Waals surface area contributed by atoms with Gasteiger partial charge in [0.15, 0.2) is 0 Å². The maximum Gasteiger partial charge on any atom is 0.401 e. The zero-order valence-electron chi connectivity index (χ0n) is 11.6. The lowest BCUT2D eigenvalue weighted by Crippen LogP contribution is -2.46. The molecule has 1 saturated heterocycles. The molecule has 1 fully saturated rings. The quantitative estimate of drug-likeness (QED) is 0.839. The minimum absolute atomic E-state index is 0.231. The third kappa shape index (κ3) is 5.01. The molecule has 6 heteroatoms. The lowest BCUT2D eigenvalue weighted by molar-refractivity contribution is -0.136. The number of rotatable bonds is 5. The molecule has 0 aliphatic carbocycles. The second-order valence-electron chi connectivity index (χ2n) is 5.31. The number of carbonyl (C=O) groups excluding carboxylic acids is 1. The Bertz CT molecular complexity index is 291. The molecule has 0 saturated carbocycles. The van der Waals surface area contributed by atoms with E-state index < -0.39 is 12.7 Å². The smallest absolute Gasteiger partial charge is 0.342 e. The average molecular weight is 280 g/mol. The first kappa shape index (κ1) is 16.3. The maximum absolute atomic E-state index is 12.0. The average Bonchev–Trinajstić information content (AvgIpc) is 2.37. The van der Waals surface area contributed by atoms with Gasteiger partial charge in [0, 0.05) is 13.1 Å². The molecule has 1 amide bonds. The molecule has 1 rings (SSSR count). The number of hydrogen-bond acceptors (Lipinski definition) is 2. The zero-order valence-corrected chi connectivity index (χ0v) is 11.6. The molecule has 0 bridgehead atoms. The minimum atomic E-state index is -4.26. The van der Waals surface area contributed by atoms with Crippen LogP contribution in [-0.4, -0.2) is 43.2 Å². The number of likely N-dealkylation sites (tertiary alicyclic amines) is 1. The van der Waals surface area contributed by atoms with E-state index >= 15 is 0 Å². The van der Waals surface area contributed by atoms with E-state index in [4.69, 9.17) is 0 Å². The Kier molecular flexibility index (Phi) is 5.64. The summed E-state index contributed by atoms with van der Waals surface area (Å²) in [4.78, 5) is 13.4. The lowest BCUT2D eigenvalue weighted by Gasteiger charge is -2.41. The maximum atomic E-state index is 12.0. The number of nitrogens with one attached hydrogen (secondary N) is 1. The van der Waals surface area contributed by atoms with Crippen LogP contribution in [0.4, 0.5) is 13.2 Å². The van der Waals surface area contributed by atoms with Crippen molar-refractivity contribution in [3.05, 3.63) is 0 Å². The third-order valence-electron chi connectivity index (χ3n) is 4.28. The minimum Gasteiger partial charge on any atom is -0.342 e. The van der Waals surface area contributed by atoms with Gasteiger partial charge in [-0.05, 0) is 18.3 Å². The van der Waals surface area contributed by atoms with Gasteiger partial charge in [0.1, 0.15) is 0 Å². The molecule has 19 heavy (non-hydrogen) atoms. The molecule has 0 spiro atoms. The monoisotopic (exact) mass is 280 g/mol. The van der Waals surface area contributed by atoms with E-state index in [1.54, 1.807) is 4.90 Å². The van der Waals surface area contributed by atoms with E-state index in [9.17, 15) is 18.0 Å². The standard InChI is InChI=1S/C13H23F3N2O/c1-3-12(4-2)5-7-18(8-6-12)11(19)9-17-10-13(14,15)16/h17H,3-10H2,1-2H3. The van der Waals surface area contributed by atoms with Crippen LogP contribution in [0.3, 0.4) is 0 Å². The number of amides is 1. The van der Waals surface area contributed by atoms with Gasteiger partial charge in [-0.15, -0.1) is 0 Å². The zero-order chi connectivity index (χ0) is 14.5. The second-order valence-corrected chi connectivity index (χ2v) is 5.31. The Labute approximate surface area is 112 Å². The third-order valence-corrected chi connectivity index (χ3v) is 4.28. The summed E-state index contributed by atoms with van der Waals surface area (Å²) in [5, 5.41) is 2.15. The van der Waals surface area contributed by atoms with Gasteiger partial charge >= 0.3 is 6.18 Å². The summed E-state index contributed by atoms with van der Waals surface area (Å²) in [6, 6.07) is 0. The predicted octanol–water partition coefficient (Wildman–Crippen LogP) is 2.57. The van der Waals surface area contributed by atoms with Crippen molar-refractivity contribution in [2.24, 2.45) is 5.41 Å². The number of nitrogens with zero attached hydrogens (tertiary/aromatic N) is 1. The van der Waals surface area contributed by atoms with Crippen LogP contribution < -0.4 is 5.32 Å². The van der Waals surface area contributed by atoms with Crippen LogP contribution >= 0.6 is 0 Å². The van der Waals surface area contributed by atoms with Crippen LogP contribution in [0.15, 0.2) is 0 Å². The molecule has 0 aromatic rings. The van der Waals surface area contributed by atoms with Gasteiger partial charge in [0.25, 0.3) is 0 Å². The molecule has 0 radical (unpaired) electrons. The van der Waals surface area contributed by atoms with Crippen molar-refractivity contribution in [2.45, 2.75) is 45.7 Å². The highest BCUT2D eigenvalue weighted by Crippen LogP contribution is 2.37. The van der Waals surface area contributed by atoms with Crippen molar-refractivity contribution in [3.63, 3.8) is 0 Å². The molecule has 1 aliphatic rings. The molecule has 0 aromatic carbocycles. The Morgan fingerprint density at radius 1 is 1.21 bits per heavy atom. The molecule has 0 aromatic heterocycles. The fraction of sp³-hybridized carbons (Fsp3) is 0.923. The summed E-state index contributed by atoms with van der Waals surface area (Å²) in [7, 11) is 0. The molecule has 1 heterocycles. The number of hydrogen-bond donors (Lipinski definition) is 1. The Balaban J connectivity index is 2.33. The molecular weight excluding hydrogens is 257 g/mol. The van der Waals surface area contributed by atoms with Crippen molar-refractivity contribution in [3.8, 4) is 0 Å². The van der Waals surface area contributed by atoms with Crippen molar-refractivity contribution in [1.29, 1.82) is 0 Å². The number of halogens is 3. The summed E-state index contributed by atoms with van der Waals surface area (Å²) in [6.45, 7) is 4.30. The van der Waals surface area contributed by atoms with Gasteiger partial charge < -0.3 is 10.2 Å². The SMILES string of the molecule is CCC1(CC)CCN(C(=O)CNCC(F)(F)F)CC1. The summed E-state index contributed by atoms with van der Waals surface area (Å²) < 4.78 is 35.9. The van der Waals surface area contributed by atoms with Crippen LogP contribution in [0, 0.1) is 5.41 Å². The molecule has 0 atom stereocenters. The molecular formula is C13H23F3N2O. The molecule has 1 N–H and O–H groups in total. The largest absolute Gasteiger partial charge is 0.401 e. The van der Waals surface area contributed by atoms with Crippen molar-refractivity contribution in [1.82, 2.24) is 10.2 Å². The van der Waals surface area contributed by atoms with E-state index in [0.717, 1.165) is 25.7 Å². The highest BCUT2D eigenvalue weighted by molar-refractivity contribution is 5.78. The van der Waals surface area contributed by atoms with Gasteiger partial charge in [0.05, 0.1) is 13.1 Å². The molecule has 3 nitrogen and oxygen atoms in total. The van der Waals surface area contributed by atoms with Gasteiger partial charge in [-0.3, -0.25) is 4.79 Å². The number of carbonyl (C=O) groups is 1. The predicted molar refractivity (Wildman–Crippen MR) is 67.8 cm³/mol. The summed E-state index contributed by atoms with van der Waals surface area (Å²) in [5.41, 5.74) is 0.316. The summed E-state index contributed by atoms with van der Waals surface area (Å²) in [5.74, 6) is -0.231. The fourth-order valence-corrected chi connectivity index (χ4v) is 2.61. The van der Waals surface area contributed by atoms with E-state index in [2.05, 4.69) is 19.2 Å². The first-order chi connectivity index (χ1) is 8.82. The fourth-order valence-electron chi connectivity index (χ4n) is 2.61. The van der Waals surface area contributed by atoms with E-state index in [1.807, 2.05) is 0 Å². The van der Waals surface area contributed by atoms with Gasteiger partial charge in [-0.25, -0.2) is 0 Å². The number of alkyl halides is 3. The molecule has 112 valence electrons. The van der Waals surface area contributed by atoms with Crippen LogP contribution in [0.1, 0.15) is 39.5 Å². The topological polar surface area (TPSA) is 32.3 Å². The van der Waals surface area contributed by atoms with Crippen LogP contribution in [0.2, 0.25) is 0 Å².